The highest BCUT2D eigenvalue weighted by Gasteiger charge is 2.51. The van der Waals surface area contributed by atoms with Crippen LogP contribution >= 0.6 is 26.2 Å². The molecular weight excluding hydrogens is 453 g/mol. The number of benzene rings is 1. The maximum Gasteiger partial charge on any atom is 0.523 e. The number of ketones is 1. The summed E-state index contributed by atoms with van der Waals surface area (Å²) < 4.78 is 65.7. The smallest absolute Gasteiger partial charge is 0.395 e. The molecule has 1 aromatic rings. The third-order valence-corrected chi connectivity index (χ3v) is 8.61. The molecule has 2 N–H and O–H groups in total. The normalized spacial score (nSPS) is 13.7. The Balaban J connectivity index is 3.18. The lowest BCUT2D eigenvalue weighted by molar-refractivity contribution is -0.0496. The van der Waals surface area contributed by atoms with Crippen molar-refractivity contribution in [3.63, 3.8) is 0 Å². The molecule has 0 aliphatic heterocycles. The van der Waals surface area contributed by atoms with Crippen molar-refractivity contribution in [3.05, 3.63) is 34.3 Å². The van der Waals surface area contributed by atoms with Gasteiger partial charge in [-0.25, -0.2) is 3.63 Å². The van der Waals surface area contributed by atoms with Crippen LogP contribution in [0.1, 0.15) is 10.4 Å². The van der Waals surface area contributed by atoms with Crippen LogP contribution in [0, 0.1) is 0 Å². The minimum atomic E-state index is -5.98. The fraction of sp³-hybridized carbons (Fsp3) is 0.462. The van der Waals surface area contributed by atoms with Crippen molar-refractivity contribution in [1.29, 1.82) is 0 Å². The summed E-state index contributed by atoms with van der Waals surface area (Å²) in [5.41, 5.74) is -5.53. The Bertz CT molecular complexity index is 685. The number of halogens is 4. The highest BCUT2D eigenvalue weighted by Crippen LogP contribution is 2.52. The zero-order valence-electron chi connectivity index (χ0n) is 12.7. The highest BCUT2D eigenvalue weighted by atomic mass is 79.9. The van der Waals surface area contributed by atoms with E-state index in [1.54, 1.807) is 0 Å². The lowest BCUT2D eigenvalue weighted by Crippen LogP contribution is -2.33. The zero-order valence-corrected chi connectivity index (χ0v) is 15.9. The molecule has 0 heterocycles. The third kappa shape index (κ3) is 6.22. The first kappa shape index (κ1) is 22.4. The van der Waals surface area contributed by atoms with Crippen LogP contribution in [0.2, 0.25) is 0 Å². The topological polar surface area (TPSA) is 101 Å². The number of carbonyl (C=O) groups excluding carboxylic acids is 1. The van der Waals surface area contributed by atoms with Crippen molar-refractivity contribution in [3.8, 4) is 0 Å². The molecule has 144 valence electrons. The van der Waals surface area contributed by atoms with E-state index in [2.05, 4.69) is 19.6 Å². The average molecular weight is 469 g/mol. The van der Waals surface area contributed by atoms with Gasteiger partial charge in [0.1, 0.15) is 0 Å². The standard InChI is InChI=1S/C13H16BrF3O6S2/c14-11-3-1-10(2-4-11)12(20)9-24(7-5-18,8-6-19)23-25(21,22)13(15,16)17/h1-4,18-19H,5-9H2. The first-order valence-electron chi connectivity index (χ1n) is 6.75. The van der Waals surface area contributed by atoms with Gasteiger partial charge in [0.05, 0.1) is 19.0 Å². The molecule has 0 fully saturated rings. The number of alkyl halides is 3. The number of rotatable bonds is 9. The van der Waals surface area contributed by atoms with Gasteiger partial charge in [-0.05, 0) is 12.1 Å². The quantitative estimate of drug-likeness (QED) is 0.425. The molecular formula is C13H16BrF3O6S2. The van der Waals surface area contributed by atoms with E-state index in [1.165, 1.54) is 24.3 Å². The molecule has 0 saturated heterocycles. The summed E-state index contributed by atoms with van der Waals surface area (Å²) in [6.45, 7) is -1.40. The van der Waals surface area contributed by atoms with Crippen LogP contribution < -0.4 is 0 Å². The van der Waals surface area contributed by atoms with E-state index in [0.717, 1.165) is 0 Å². The van der Waals surface area contributed by atoms with E-state index in [4.69, 9.17) is 10.2 Å². The zero-order chi connectivity index (χ0) is 19.3. The Morgan fingerprint density at radius 1 is 1.08 bits per heavy atom. The fourth-order valence-electron chi connectivity index (χ4n) is 1.86. The van der Waals surface area contributed by atoms with Crippen molar-refractivity contribution in [2.45, 2.75) is 5.51 Å². The molecule has 0 aromatic heterocycles. The van der Waals surface area contributed by atoms with Crippen LogP contribution in [0.5, 0.6) is 0 Å². The molecule has 0 amide bonds. The average Bonchev–Trinajstić information content (AvgIpc) is 2.46. The van der Waals surface area contributed by atoms with E-state index in [9.17, 15) is 26.4 Å². The summed E-state index contributed by atoms with van der Waals surface area (Å²) in [7, 11) is -9.24. The van der Waals surface area contributed by atoms with Gasteiger partial charge in [-0.1, -0.05) is 28.1 Å². The summed E-state index contributed by atoms with van der Waals surface area (Å²) in [6.07, 6.45) is 0. The van der Waals surface area contributed by atoms with E-state index in [-0.39, 0.29) is 5.56 Å². The molecule has 25 heavy (non-hydrogen) atoms. The second-order valence-electron chi connectivity index (χ2n) is 4.86. The van der Waals surface area contributed by atoms with Crippen LogP contribution in [-0.4, -0.2) is 60.4 Å². The number of carbonyl (C=O) groups is 1. The molecule has 0 saturated carbocycles. The molecule has 0 unspecified atom stereocenters. The van der Waals surface area contributed by atoms with Crippen LogP contribution in [0.25, 0.3) is 0 Å². The lowest BCUT2D eigenvalue weighted by Gasteiger charge is -2.37. The minimum Gasteiger partial charge on any atom is -0.395 e. The molecule has 6 nitrogen and oxygen atoms in total. The van der Waals surface area contributed by atoms with Gasteiger partial charge in [0.2, 0.25) is 0 Å². The molecule has 1 rings (SSSR count). The number of aliphatic hydroxyl groups is 2. The molecule has 12 heteroatoms. The SMILES string of the molecule is O=C(CS(CCO)(CCO)OS(=O)(=O)C(F)(F)F)c1ccc(Br)cc1. The molecule has 1 aromatic carbocycles. The van der Waals surface area contributed by atoms with Gasteiger partial charge in [0, 0.05) is 21.5 Å². The van der Waals surface area contributed by atoms with Gasteiger partial charge in [-0.15, -0.1) is 10.3 Å². The monoisotopic (exact) mass is 468 g/mol. The first-order valence-corrected chi connectivity index (χ1v) is 11.0. The van der Waals surface area contributed by atoms with Gasteiger partial charge in [0.25, 0.3) is 0 Å². The van der Waals surface area contributed by atoms with E-state index in [0.29, 0.717) is 4.47 Å². The fourth-order valence-corrected chi connectivity index (χ4v) is 6.49. The van der Waals surface area contributed by atoms with Crippen LogP contribution in [0.4, 0.5) is 13.2 Å². The Hall–Kier alpha value is -0.660. The lowest BCUT2D eigenvalue weighted by atomic mass is 10.2. The predicted octanol–water partition coefficient (Wildman–Crippen LogP) is 2.20. The Labute approximate surface area is 152 Å². The maximum absolute atomic E-state index is 12.6. The second-order valence-corrected chi connectivity index (χ2v) is 10.7. The highest BCUT2D eigenvalue weighted by molar-refractivity contribution is 9.10. The van der Waals surface area contributed by atoms with E-state index in [1.807, 2.05) is 0 Å². The molecule has 0 aliphatic rings. The largest absolute Gasteiger partial charge is 0.523 e. The van der Waals surface area contributed by atoms with Gasteiger partial charge < -0.3 is 10.2 Å². The minimum absolute atomic E-state index is 0.143. The number of aliphatic hydroxyl groups excluding tert-OH is 2. The summed E-state index contributed by atoms with van der Waals surface area (Å²) >= 11 is 3.17. The Kier molecular flexibility index (Phi) is 7.90. The van der Waals surface area contributed by atoms with Crippen molar-refractivity contribution >= 4 is 42.1 Å². The second kappa shape index (κ2) is 8.82. The third-order valence-electron chi connectivity index (χ3n) is 3.00. The maximum atomic E-state index is 12.6. The Morgan fingerprint density at radius 2 is 1.56 bits per heavy atom. The number of Topliss-reactive ketones (excluding diaryl/α,β-unsaturated/α-hetero) is 1. The summed E-state index contributed by atoms with van der Waals surface area (Å²) in [5, 5.41) is 18.2. The molecule has 0 spiro atoms. The first-order chi connectivity index (χ1) is 11.5. The number of hydrogen-bond donors (Lipinski definition) is 2. The van der Waals surface area contributed by atoms with Gasteiger partial charge in [-0.3, -0.25) is 4.79 Å². The van der Waals surface area contributed by atoms with Crippen molar-refractivity contribution < 1.29 is 40.2 Å². The summed E-state index contributed by atoms with van der Waals surface area (Å²) in [5.74, 6) is -2.32. The molecule has 0 aliphatic carbocycles. The van der Waals surface area contributed by atoms with Crippen molar-refractivity contribution in [1.82, 2.24) is 0 Å². The predicted molar refractivity (Wildman–Crippen MR) is 90.9 cm³/mol. The van der Waals surface area contributed by atoms with Gasteiger partial charge in [-0.2, -0.15) is 21.6 Å². The molecule has 0 atom stereocenters. The van der Waals surface area contributed by atoms with Crippen molar-refractivity contribution in [2.24, 2.45) is 0 Å². The molecule has 0 bridgehead atoms. The summed E-state index contributed by atoms with van der Waals surface area (Å²) in [4.78, 5) is 12.3. The number of hydrogen-bond acceptors (Lipinski definition) is 6. The van der Waals surface area contributed by atoms with Crippen LogP contribution in [-0.2, 0) is 13.7 Å². The Morgan fingerprint density at radius 3 is 1.96 bits per heavy atom. The van der Waals surface area contributed by atoms with Crippen molar-refractivity contribution in [2.75, 3.05) is 30.5 Å². The van der Waals surface area contributed by atoms with Crippen LogP contribution in [0.3, 0.4) is 0 Å². The van der Waals surface area contributed by atoms with Gasteiger partial charge >= 0.3 is 15.6 Å². The molecule has 0 radical (unpaired) electrons. The van der Waals surface area contributed by atoms with Crippen LogP contribution in [0.15, 0.2) is 28.7 Å². The summed E-state index contributed by atoms with van der Waals surface area (Å²) in [6, 6.07) is 5.89. The van der Waals surface area contributed by atoms with E-state index >= 15 is 0 Å². The van der Waals surface area contributed by atoms with Gasteiger partial charge in [0.15, 0.2) is 5.78 Å². The van der Waals surface area contributed by atoms with E-state index < -0.39 is 62.2 Å².